The van der Waals surface area contributed by atoms with E-state index in [1.54, 1.807) is 6.33 Å². The van der Waals surface area contributed by atoms with Crippen LogP contribution in [0.25, 0.3) is 0 Å². The highest BCUT2D eigenvalue weighted by atomic mass is 35.5. The molecule has 1 aromatic carbocycles. The van der Waals surface area contributed by atoms with Crippen LogP contribution >= 0.6 is 11.6 Å². The van der Waals surface area contributed by atoms with Gasteiger partial charge >= 0.3 is 0 Å². The lowest BCUT2D eigenvalue weighted by Crippen LogP contribution is -2.34. The first-order chi connectivity index (χ1) is 9.74. The number of nitrogens with one attached hydrogen (secondary N) is 1. The molecule has 4 nitrogen and oxygen atoms in total. The van der Waals surface area contributed by atoms with Crippen molar-refractivity contribution in [2.24, 2.45) is 0 Å². The molecule has 108 valence electrons. The lowest BCUT2D eigenvalue weighted by Gasteiger charge is -2.18. The van der Waals surface area contributed by atoms with Crippen LogP contribution in [-0.2, 0) is 19.4 Å². The van der Waals surface area contributed by atoms with E-state index in [0.717, 1.165) is 36.8 Å². The molecule has 2 aromatic rings. The zero-order chi connectivity index (χ0) is 14.4. The average molecular weight is 293 g/mol. The average Bonchev–Trinajstić information content (AvgIpc) is 2.89. The summed E-state index contributed by atoms with van der Waals surface area (Å²) in [7, 11) is 0. The Kier molecular flexibility index (Phi) is 5.56. The minimum absolute atomic E-state index is 0.314. The van der Waals surface area contributed by atoms with Crippen molar-refractivity contribution in [3.05, 3.63) is 47.0 Å². The molecule has 0 spiro atoms. The van der Waals surface area contributed by atoms with E-state index in [4.69, 9.17) is 11.6 Å². The Morgan fingerprint density at radius 3 is 2.75 bits per heavy atom. The highest BCUT2D eigenvalue weighted by molar-refractivity contribution is 6.31. The molecule has 0 amide bonds. The van der Waals surface area contributed by atoms with Gasteiger partial charge in [-0.05, 0) is 31.5 Å². The Hall–Kier alpha value is -1.39. The van der Waals surface area contributed by atoms with Crippen molar-refractivity contribution in [2.45, 2.75) is 39.3 Å². The highest BCUT2D eigenvalue weighted by Gasteiger charge is 2.14. The number of hydrogen-bond acceptors (Lipinski definition) is 3. The van der Waals surface area contributed by atoms with Gasteiger partial charge in [0.15, 0.2) is 0 Å². The number of nitrogens with zero attached hydrogens (tertiary/aromatic N) is 3. The van der Waals surface area contributed by atoms with Gasteiger partial charge in [-0.15, -0.1) is 0 Å². The molecule has 1 N–H and O–H groups in total. The van der Waals surface area contributed by atoms with Crippen molar-refractivity contribution in [3.8, 4) is 0 Å². The fourth-order valence-electron chi connectivity index (χ4n) is 2.37. The van der Waals surface area contributed by atoms with Gasteiger partial charge < -0.3 is 5.32 Å². The summed E-state index contributed by atoms with van der Waals surface area (Å²) < 4.78 is 1.94. The first kappa shape index (κ1) is 15.0. The smallest absolute Gasteiger partial charge is 0.138 e. The van der Waals surface area contributed by atoms with E-state index >= 15 is 0 Å². The maximum Gasteiger partial charge on any atom is 0.138 e. The Morgan fingerprint density at radius 2 is 2.05 bits per heavy atom. The van der Waals surface area contributed by atoms with E-state index in [1.165, 1.54) is 5.56 Å². The molecule has 1 heterocycles. The van der Waals surface area contributed by atoms with Crippen LogP contribution in [-0.4, -0.2) is 27.4 Å². The summed E-state index contributed by atoms with van der Waals surface area (Å²) in [4.78, 5) is 4.35. The molecule has 1 atom stereocenters. The number of hydrogen-bond donors (Lipinski definition) is 1. The SMILES string of the molecule is CCNC(Cc1ccccc1Cl)Cc1ncnn1CC. The van der Waals surface area contributed by atoms with Crippen LogP contribution in [0.4, 0.5) is 0 Å². The number of aromatic nitrogens is 3. The van der Waals surface area contributed by atoms with E-state index in [-0.39, 0.29) is 0 Å². The highest BCUT2D eigenvalue weighted by Crippen LogP contribution is 2.17. The number of likely N-dealkylation sites (N-methyl/N-ethyl adjacent to an activating group) is 1. The molecule has 1 aromatic heterocycles. The Morgan fingerprint density at radius 1 is 1.25 bits per heavy atom. The van der Waals surface area contributed by atoms with Crippen LogP contribution in [0.1, 0.15) is 25.2 Å². The number of rotatable bonds is 7. The Balaban J connectivity index is 2.09. The van der Waals surface area contributed by atoms with Crippen LogP contribution in [0.3, 0.4) is 0 Å². The van der Waals surface area contributed by atoms with Crippen LogP contribution in [0, 0.1) is 0 Å². The fourth-order valence-corrected chi connectivity index (χ4v) is 2.58. The van der Waals surface area contributed by atoms with Gasteiger partial charge in [0.05, 0.1) is 0 Å². The molecule has 0 saturated carbocycles. The van der Waals surface area contributed by atoms with Gasteiger partial charge in [-0.3, -0.25) is 4.68 Å². The molecule has 0 saturated heterocycles. The zero-order valence-electron chi connectivity index (χ0n) is 12.0. The molecule has 0 fully saturated rings. The van der Waals surface area contributed by atoms with Crippen molar-refractivity contribution in [1.29, 1.82) is 0 Å². The molecule has 1 unspecified atom stereocenters. The third kappa shape index (κ3) is 3.81. The third-order valence-electron chi connectivity index (χ3n) is 3.34. The van der Waals surface area contributed by atoms with Gasteiger partial charge in [-0.1, -0.05) is 36.7 Å². The summed E-state index contributed by atoms with van der Waals surface area (Å²) in [6, 6.07) is 8.32. The molecule has 0 aliphatic carbocycles. The maximum absolute atomic E-state index is 6.25. The predicted molar refractivity (Wildman–Crippen MR) is 82.0 cm³/mol. The molecule has 20 heavy (non-hydrogen) atoms. The fraction of sp³-hybridized carbons (Fsp3) is 0.467. The normalized spacial score (nSPS) is 12.6. The minimum atomic E-state index is 0.314. The predicted octanol–water partition coefficient (Wildman–Crippen LogP) is 2.71. The quantitative estimate of drug-likeness (QED) is 0.853. The lowest BCUT2D eigenvalue weighted by molar-refractivity contribution is 0.490. The summed E-state index contributed by atoms with van der Waals surface area (Å²) >= 11 is 6.25. The van der Waals surface area contributed by atoms with Gasteiger partial charge in [0.1, 0.15) is 12.2 Å². The van der Waals surface area contributed by atoms with E-state index in [2.05, 4.69) is 35.3 Å². The summed E-state index contributed by atoms with van der Waals surface area (Å²) in [6.45, 7) is 5.97. The monoisotopic (exact) mass is 292 g/mol. The summed E-state index contributed by atoms with van der Waals surface area (Å²) in [5.74, 6) is 1.02. The second kappa shape index (κ2) is 7.41. The number of halogens is 1. The van der Waals surface area contributed by atoms with E-state index < -0.39 is 0 Å². The minimum Gasteiger partial charge on any atom is -0.313 e. The first-order valence-corrected chi connectivity index (χ1v) is 7.45. The third-order valence-corrected chi connectivity index (χ3v) is 3.71. The van der Waals surface area contributed by atoms with Crippen LogP contribution in [0.5, 0.6) is 0 Å². The first-order valence-electron chi connectivity index (χ1n) is 7.08. The largest absolute Gasteiger partial charge is 0.313 e. The van der Waals surface area contributed by atoms with Gasteiger partial charge in [0.25, 0.3) is 0 Å². The second-order valence-electron chi connectivity index (χ2n) is 4.75. The second-order valence-corrected chi connectivity index (χ2v) is 5.15. The van der Waals surface area contributed by atoms with Crippen molar-refractivity contribution in [2.75, 3.05) is 6.54 Å². The molecular formula is C15H21ClN4. The standard InChI is InChI=1S/C15H21ClN4/c1-3-17-13(9-12-7-5-6-8-14(12)16)10-15-18-11-19-20(15)4-2/h5-8,11,13,17H,3-4,9-10H2,1-2H3. The Labute approximate surface area is 125 Å². The zero-order valence-corrected chi connectivity index (χ0v) is 12.8. The summed E-state index contributed by atoms with van der Waals surface area (Å²) in [5, 5.41) is 8.56. The van der Waals surface area contributed by atoms with E-state index in [9.17, 15) is 0 Å². The molecule has 0 aliphatic rings. The van der Waals surface area contributed by atoms with Crippen LogP contribution in [0.2, 0.25) is 5.02 Å². The van der Waals surface area contributed by atoms with Crippen molar-refractivity contribution in [3.63, 3.8) is 0 Å². The molecule has 5 heteroatoms. The van der Waals surface area contributed by atoms with Crippen molar-refractivity contribution >= 4 is 11.6 Å². The van der Waals surface area contributed by atoms with Gasteiger partial charge in [-0.25, -0.2) is 4.98 Å². The topological polar surface area (TPSA) is 42.7 Å². The van der Waals surface area contributed by atoms with Crippen LogP contribution < -0.4 is 5.32 Å². The molecule has 0 radical (unpaired) electrons. The van der Waals surface area contributed by atoms with E-state index in [1.807, 2.05) is 22.9 Å². The maximum atomic E-state index is 6.25. The number of aryl methyl sites for hydroxylation is 1. The summed E-state index contributed by atoms with van der Waals surface area (Å²) in [5.41, 5.74) is 1.17. The summed E-state index contributed by atoms with van der Waals surface area (Å²) in [6.07, 6.45) is 3.37. The van der Waals surface area contributed by atoms with Crippen molar-refractivity contribution < 1.29 is 0 Å². The van der Waals surface area contributed by atoms with Gasteiger partial charge in [0.2, 0.25) is 0 Å². The molecule has 2 rings (SSSR count). The molecule has 0 aliphatic heterocycles. The molecular weight excluding hydrogens is 272 g/mol. The van der Waals surface area contributed by atoms with Crippen LogP contribution in [0.15, 0.2) is 30.6 Å². The molecule has 0 bridgehead atoms. The van der Waals surface area contributed by atoms with Gasteiger partial charge in [-0.2, -0.15) is 5.10 Å². The van der Waals surface area contributed by atoms with Crippen molar-refractivity contribution in [1.82, 2.24) is 20.1 Å². The van der Waals surface area contributed by atoms with Gasteiger partial charge in [0, 0.05) is 24.0 Å². The van der Waals surface area contributed by atoms with E-state index in [0.29, 0.717) is 6.04 Å². The lowest BCUT2D eigenvalue weighted by atomic mass is 10.0. The Bertz CT molecular complexity index is 538. The number of benzene rings is 1.